The second kappa shape index (κ2) is 18.9. The zero-order chi connectivity index (χ0) is 41.5. The van der Waals surface area contributed by atoms with Gasteiger partial charge in [0.2, 0.25) is 0 Å². The Balaban J connectivity index is 1.03. The Morgan fingerprint density at radius 3 is 1.72 bits per heavy atom. The highest BCUT2D eigenvalue weighted by molar-refractivity contribution is 5.58. The maximum absolute atomic E-state index is 2.67. The van der Waals surface area contributed by atoms with Crippen LogP contribution in [0, 0.1) is 30.6 Å². The molecule has 7 aliphatic rings. The highest BCUT2D eigenvalue weighted by Crippen LogP contribution is 2.43. The SMILES string of the molecule is Cc1cccc(C(C2C=CC=CC2)C2C=CC(N(C3=CCC(N(C4=CC(C)CC=C4)c4ccccc4)C=C3)C3=CCC(N(C4=CC(C)CC=C4)C4C=CC=CC4)C=C3)=CC2)c1. The van der Waals surface area contributed by atoms with Crippen molar-refractivity contribution in [2.24, 2.45) is 23.7 Å². The molecule has 0 fully saturated rings. The average molecular weight is 802 g/mol. The third-order valence-corrected chi connectivity index (χ3v) is 13.5. The molecular weight excluding hydrogens is 739 g/mol. The molecule has 310 valence electrons. The lowest BCUT2D eigenvalue weighted by molar-refractivity contribution is 0.248. The molecule has 61 heavy (non-hydrogen) atoms. The largest absolute Gasteiger partial charge is 0.358 e. The van der Waals surface area contributed by atoms with Crippen LogP contribution >= 0.6 is 0 Å². The smallest absolute Gasteiger partial charge is 0.0561 e. The number of hydrogen-bond acceptors (Lipinski definition) is 3. The fraction of sp³-hybridized carbons (Fsp3) is 0.310. The molecule has 0 heterocycles. The average Bonchev–Trinajstić information content (AvgIpc) is 3.30. The van der Waals surface area contributed by atoms with Crippen LogP contribution in [0.5, 0.6) is 0 Å². The molecule has 2 aromatic carbocycles. The zero-order valence-corrected chi connectivity index (χ0v) is 36.4. The van der Waals surface area contributed by atoms with Gasteiger partial charge in [-0.2, -0.15) is 0 Å². The molecule has 0 amide bonds. The monoisotopic (exact) mass is 802 g/mol. The Bertz CT molecular complexity index is 2350. The van der Waals surface area contributed by atoms with E-state index in [2.05, 4.69) is 230 Å². The molecule has 0 aromatic heterocycles. The van der Waals surface area contributed by atoms with Gasteiger partial charge in [0.15, 0.2) is 0 Å². The molecule has 7 aliphatic carbocycles. The van der Waals surface area contributed by atoms with Crippen LogP contribution < -0.4 is 4.90 Å². The van der Waals surface area contributed by atoms with Gasteiger partial charge in [-0.15, -0.1) is 0 Å². The summed E-state index contributed by atoms with van der Waals surface area (Å²) in [5.41, 5.74) is 10.4. The molecule has 9 rings (SSSR count). The first-order valence-corrected chi connectivity index (χ1v) is 23.1. The topological polar surface area (TPSA) is 9.72 Å². The van der Waals surface area contributed by atoms with Crippen LogP contribution in [0.3, 0.4) is 0 Å². The predicted octanol–water partition coefficient (Wildman–Crippen LogP) is 14.1. The minimum Gasteiger partial charge on any atom is -0.358 e. The predicted molar refractivity (Wildman–Crippen MR) is 258 cm³/mol. The molecule has 8 unspecified atom stereocenters. The van der Waals surface area contributed by atoms with Gasteiger partial charge < -0.3 is 14.7 Å². The number of nitrogens with zero attached hydrogens (tertiary/aromatic N) is 3. The molecule has 0 aliphatic heterocycles. The van der Waals surface area contributed by atoms with E-state index in [4.69, 9.17) is 0 Å². The lowest BCUT2D eigenvalue weighted by atomic mass is 9.72. The molecule has 0 N–H and O–H groups in total. The van der Waals surface area contributed by atoms with Crippen LogP contribution in [-0.4, -0.2) is 27.9 Å². The van der Waals surface area contributed by atoms with E-state index >= 15 is 0 Å². The summed E-state index contributed by atoms with van der Waals surface area (Å²) in [6.07, 6.45) is 62.0. The maximum atomic E-state index is 2.67. The normalized spacial score (nSPS) is 28.1. The van der Waals surface area contributed by atoms with Crippen molar-refractivity contribution in [3.05, 3.63) is 234 Å². The number of hydrogen-bond donors (Lipinski definition) is 0. The highest BCUT2D eigenvalue weighted by atomic mass is 15.2. The van der Waals surface area contributed by atoms with Crippen LogP contribution in [0.15, 0.2) is 223 Å². The third-order valence-electron chi connectivity index (χ3n) is 13.5. The molecule has 2 aromatic rings. The number of allylic oxidation sites excluding steroid dienone is 17. The van der Waals surface area contributed by atoms with E-state index in [1.54, 1.807) is 0 Å². The fourth-order valence-corrected chi connectivity index (χ4v) is 10.5. The van der Waals surface area contributed by atoms with Crippen molar-refractivity contribution >= 4 is 5.69 Å². The van der Waals surface area contributed by atoms with Gasteiger partial charge in [0, 0.05) is 34.2 Å². The molecule has 8 atom stereocenters. The van der Waals surface area contributed by atoms with E-state index in [0.29, 0.717) is 35.6 Å². The van der Waals surface area contributed by atoms with E-state index in [1.165, 1.54) is 45.3 Å². The summed E-state index contributed by atoms with van der Waals surface area (Å²) in [6, 6.07) is 21.0. The van der Waals surface area contributed by atoms with Gasteiger partial charge in [0.05, 0.1) is 18.1 Å². The van der Waals surface area contributed by atoms with Crippen molar-refractivity contribution in [1.29, 1.82) is 0 Å². The first-order valence-electron chi connectivity index (χ1n) is 23.1. The van der Waals surface area contributed by atoms with Crippen molar-refractivity contribution in [2.75, 3.05) is 4.90 Å². The quantitative estimate of drug-likeness (QED) is 0.212. The number of rotatable bonds is 12. The number of anilines is 1. The van der Waals surface area contributed by atoms with E-state index < -0.39 is 0 Å². The standard InChI is InChI=1S/C58H63N3/c1-43-16-13-21-48(40-43)58(46-19-7-4-8-20-46)47-28-30-51(31-29-47)59(52-32-36-54(37-33-52)60(49-22-9-5-10-23-49)56-26-14-17-44(2)41-56)53-34-38-55(39-35-53)61(50-24-11-6-12-25-50)57-27-15-18-45(3)42-57/h4-16,19,21-24,26-28,30-36,38,40-42,44-47,50,54-55,58H,17-18,20,25,29,37,39H2,1-3H3. The summed E-state index contributed by atoms with van der Waals surface area (Å²) in [4.78, 5) is 7.75. The summed E-state index contributed by atoms with van der Waals surface area (Å²) in [7, 11) is 0. The van der Waals surface area contributed by atoms with E-state index in [1.807, 2.05) is 0 Å². The van der Waals surface area contributed by atoms with E-state index in [9.17, 15) is 0 Å². The van der Waals surface area contributed by atoms with Gasteiger partial charge in [-0.25, -0.2) is 0 Å². The summed E-state index contributed by atoms with van der Waals surface area (Å²) >= 11 is 0. The summed E-state index contributed by atoms with van der Waals surface area (Å²) in [6.45, 7) is 6.89. The van der Waals surface area contributed by atoms with Crippen LogP contribution in [-0.2, 0) is 0 Å². The van der Waals surface area contributed by atoms with Gasteiger partial charge in [-0.05, 0) is 130 Å². The molecule has 0 saturated carbocycles. The van der Waals surface area contributed by atoms with Crippen LogP contribution in [0.1, 0.15) is 75.8 Å². The number of para-hydroxylation sites is 1. The number of benzene rings is 2. The third kappa shape index (κ3) is 9.27. The Morgan fingerprint density at radius 1 is 0.492 bits per heavy atom. The lowest BCUT2D eigenvalue weighted by Crippen LogP contribution is -2.42. The Morgan fingerprint density at radius 2 is 1.11 bits per heavy atom. The van der Waals surface area contributed by atoms with Crippen molar-refractivity contribution in [3.8, 4) is 0 Å². The fourth-order valence-electron chi connectivity index (χ4n) is 10.5. The second-order valence-electron chi connectivity index (χ2n) is 18.1. The Kier molecular flexibility index (Phi) is 12.5. The zero-order valence-electron chi connectivity index (χ0n) is 36.4. The molecular formula is C58H63N3. The van der Waals surface area contributed by atoms with Gasteiger partial charge in [-0.1, -0.05) is 171 Å². The molecule has 0 bridgehead atoms. The van der Waals surface area contributed by atoms with Crippen LogP contribution in [0.4, 0.5) is 5.69 Å². The Labute approximate surface area is 366 Å². The summed E-state index contributed by atoms with van der Waals surface area (Å²) < 4.78 is 0. The second-order valence-corrected chi connectivity index (χ2v) is 18.1. The minimum absolute atomic E-state index is 0.216. The van der Waals surface area contributed by atoms with Crippen molar-refractivity contribution in [2.45, 2.75) is 89.8 Å². The maximum Gasteiger partial charge on any atom is 0.0561 e. The van der Waals surface area contributed by atoms with Gasteiger partial charge >= 0.3 is 0 Å². The minimum atomic E-state index is 0.216. The lowest BCUT2D eigenvalue weighted by Gasteiger charge is -2.41. The molecule has 0 radical (unpaired) electrons. The molecule has 3 heteroatoms. The number of aryl methyl sites for hydroxylation is 1. The van der Waals surface area contributed by atoms with Crippen molar-refractivity contribution in [3.63, 3.8) is 0 Å². The molecule has 3 nitrogen and oxygen atoms in total. The van der Waals surface area contributed by atoms with Crippen molar-refractivity contribution in [1.82, 2.24) is 9.80 Å². The first-order chi connectivity index (χ1) is 30.0. The highest BCUT2D eigenvalue weighted by Gasteiger charge is 2.32. The molecule has 0 spiro atoms. The summed E-state index contributed by atoms with van der Waals surface area (Å²) in [5.74, 6) is 2.38. The van der Waals surface area contributed by atoms with Gasteiger partial charge in [0.25, 0.3) is 0 Å². The van der Waals surface area contributed by atoms with Crippen LogP contribution in [0.25, 0.3) is 0 Å². The summed E-state index contributed by atoms with van der Waals surface area (Å²) in [5, 5.41) is 0. The Hall–Kier alpha value is -5.80. The molecule has 0 saturated heterocycles. The van der Waals surface area contributed by atoms with Crippen molar-refractivity contribution < 1.29 is 0 Å². The van der Waals surface area contributed by atoms with Gasteiger partial charge in [0.1, 0.15) is 0 Å². The van der Waals surface area contributed by atoms with Gasteiger partial charge in [-0.3, -0.25) is 0 Å². The first kappa shape index (κ1) is 40.6. The van der Waals surface area contributed by atoms with Crippen LogP contribution in [0.2, 0.25) is 0 Å². The van der Waals surface area contributed by atoms with E-state index in [0.717, 1.165) is 44.9 Å². The van der Waals surface area contributed by atoms with E-state index in [-0.39, 0.29) is 12.1 Å².